The molecule has 1 fully saturated rings. The number of hydrogen-bond donors (Lipinski definition) is 1. The van der Waals surface area contributed by atoms with E-state index in [2.05, 4.69) is 11.9 Å². The predicted octanol–water partition coefficient (Wildman–Crippen LogP) is 1.33. The highest BCUT2D eigenvalue weighted by Crippen LogP contribution is 2.18. The Balaban J connectivity index is 2.46. The van der Waals surface area contributed by atoms with E-state index in [-0.39, 0.29) is 0 Å². The van der Waals surface area contributed by atoms with Crippen LogP contribution in [0, 0.1) is 0 Å². The monoisotopic (exact) mass is 155 g/mol. The van der Waals surface area contributed by atoms with Gasteiger partial charge in [0.1, 0.15) is 0 Å². The lowest BCUT2D eigenvalue weighted by Crippen LogP contribution is -2.37. The van der Waals surface area contributed by atoms with E-state index in [4.69, 9.17) is 4.74 Å². The van der Waals surface area contributed by atoms with E-state index in [9.17, 15) is 0 Å². The Morgan fingerprint density at radius 1 is 1.73 bits per heavy atom. The zero-order chi connectivity index (χ0) is 8.27. The summed E-state index contributed by atoms with van der Waals surface area (Å²) in [7, 11) is 1.96. The normalized spacial score (nSPS) is 26.9. The van der Waals surface area contributed by atoms with Crippen LogP contribution in [0.1, 0.15) is 19.8 Å². The highest BCUT2D eigenvalue weighted by molar-refractivity contribution is 5.05. The summed E-state index contributed by atoms with van der Waals surface area (Å²) in [5.41, 5.74) is 1.17. The van der Waals surface area contributed by atoms with E-state index in [1.807, 2.05) is 14.0 Å². The van der Waals surface area contributed by atoms with Gasteiger partial charge in [0.15, 0.2) is 0 Å². The maximum atomic E-state index is 5.54. The van der Waals surface area contributed by atoms with E-state index in [1.54, 1.807) is 0 Å². The average molecular weight is 155 g/mol. The Labute approximate surface area is 68.6 Å². The van der Waals surface area contributed by atoms with Crippen molar-refractivity contribution in [3.8, 4) is 0 Å². The first-order chi connectivity index (χ1) is 5.25. The molecule has 1 aliphatic rings. The van der Waals surface area contributed by atoms with Crippen LogP contribution in [-0.2, 0) is 4.74 Å². The molecule has 0 radical (unpaired) electrons. The molecule has 0 bridgehead atoms. The molecular weight excluding hydrogens is 138 g/mol. The molecule has 2 atom stereocenters. The maximum Gasteiger partial charge on any atom is 0.0767 e. The minimum atomic E-state index is 0.345. The van der Waals surface area contributed by atoms with Crippen molar-refractivity contribution in [2.45, 2.75) is 31.9 Å². The van der Waals surface area contributed by atoms with Crippen LogP contribution in [0.5, 0.6) is 0 Å². The Morgan fingerprint density at radius 2 is 2.45 bits per heavy atom. The average Bonchev–Trinajstić information content (AvgIpc) is 2.40. The standard InChI is InChI=1S/C9H17NO/c1-7(2)9(10-3)8-5-4-6-11-8/h8-10H,1,4-6H2,2-3H3. The maximum absolute atomic E-state index is 5.54. The van der Waals surface area contributed by atoms with Crippen molar-refractivity contribution in [1.82, 2.24) is 5.32 Å². The van der Waals surface area contributed by atoms with Crippen LogP contribution in [0.2, 0.25) is 0 Å². The Kier molecular flexibility index (Phi) is 3.09. The topological polar surface area (TPSA) is 21.3 Å². The van der Waals surface area contributed by atoms with E-state index in [0.717, 1.165) is 6.61 Å². The first kappa shape index (κ1) is 8.75. The number of likely N-dealkylation sites (N-methyl/N-ethyl adjacent to an activating group) is 1. The molecule has 0 aromatic carbocycles. The third kappa shape index (κ3) is 2.04. The molecular formula is C9H17NO. The lowest BCUT2D eigenvalue weighted by molar-refractivity contribution is 0.0908. The van der Waals surface area contributed by atoms with Crippen molar-refractivity contribution in [2.24, 2.45) is 0 Å². The molecule has 0 aromatic heterocycles. The van der Waals surface area contributed by atoms with Crippen LogP contribution in [0.15, 0.2) is 12.2 Å². The van der Waals surface area contributed by atoms with Crippen molar-refractivity contribution in [2.75, 3.05) is 13.7 Å². The highest BCUT2D eigenvalue weighted by Gasteiger charge is 2.24. The lowest BCUT2D eigenvalue weighted by atomic mass is 10.0. The molecule has 1 saturated heterocycles. The van der Waals surface area contributed by atoms with Gasteiger partial charge in [0.05, 0.1) is 12.1 Å². The molecule has 64 valence electrons. The van der Waals surface area contributed by atoms with Crippen molar-refractivity contribution in [3.05, 3.63) is 12.2 Å². The van der Waals surface area contributed by atoms with Gasteiger partial charge in [0.25, 0.3) is 0 Å². The van der Waals surface area contributed by atoms with E-state index in [0.29, 0.717) is 12.1 Å². The number of ether oxygens (including phenoxy) is 1. The molecule has 0 amide bonds. The molecule has 1 N–H and O–H groups in total. The number of hydrogen-bond acceptors (Lipinski definition) is 2. The molecule has 2 nitrogen and oxygen atoms in total. The fourth-order valence-electron chi connectivity index (χ4n) is 1.62. The van der Waals surface area contributed by atoms with Crippen molar-refractivity contribution < 1.29 is 4.74 Å². The van der Waals surface area contributed by atoms with Gasteiger partial charge < -0.3 is 10.1 Å². The molecule has 1 aliphatic heterocycles. The fourth-order valence-corrected chi connectivity index (χ4v) is 1.62. The summed E-state index contributed by atoms with van der Waals surface area (Å²) in [6.07, 6.45) is 2.71. The van der Waals surface area contributed by atoms with Crippen LogP contribution in [-0.4, -0.2) is 25.8 Å². The second kappa shape index (κ2) is 3.88. The van der Waals surface area contributed by atoms with Gasteiger partial charge in [-0.1, -0.05) is 12.2 Å². The second-order valence-corrected chi connectivity index (χ2v) is 3.16. The number of nitrogens with one attached hydrogen (secondary N) is 1. The van der Waals surface area contributed by atoms with Crippen LogP contribution in [0.4, 0.5) is 0 Å². The van der Waals surface area contributed by atoms with Gasteiger partial charge in [-0.15, -0.1) is 0 Å². The molecule has 0 saturated carbocycles. The molecule has 2 heteroatoms. The Morgan fingerprint density at radius 3 is 2.82 bits per heavy atom. The van der Waals surface area contributed by atoms with E-state index in [1.165, 1.54) is 18.4 Å². The van der Waals surface area contributed by atoms with Crippen molar-refractivity contribution >= 4 is 0 Å². The SMILES string of the molecule is C=C(C)C(NC)C1CCCO1. The zero-order valence-corrected chi connectivity index (χ0v) is 7.39. The quantitative estimate of drug-likeness (QED) is 0.621. The summed E-state index contributed by atoms with van der Waals surface area (Å²) < 4.78 is 5.54. The molecule has 1 heterocycles. The summed E-state index contributed by atoms with van der Waals surface area (Å²) in [4.78, 5) is 0. The van der Waals surface area contributed by atoms with Crippen molar-refractivity contribution in [3.63, 3.8) is 0 Å². The molecule has 1 rings (SSSR count). The van der Waals surface area contributed by atoms with Gasteiger partial charge in [0.2, 0.25) is 0 Å². The Hall–Kier alpha value is -0.340. The summed E-state index contributed by atoms with van der Waals surface area (Å²) >= 11 is 0. The lowest BCUT2D eigenvalue weighted by Gasteiger charge is -2.22. The van der Waals surface area contributed by atoms with Gasteiger partial charge >= 0.3 is 0 Å². The smallest absolute Gasteiger partial charge is 0.0767 e. The van der Waals surface area contributed by atoms with E-state index >= 15 is 0 Å². The number of rotatable bonds is 3. The van der Waals surface area contributed by atoms with Gasteiger partial charge in [-0.05, 0) is 26.8 Å². The predicted molar refractivity (Wildman–Crippen MR) is 46.6 cm³/mol. The van der Waals surface area contributed by atoms with Crippen LogP contribution >= 0.6 is 0 Å². The summed E-state index contributed by atoms with van der Waals surface area (Å²) in [6, 6.07) is 0.345. The third-order valence-electron chi connectivity index (χ3n) is 2.18. The fraction of sp³-hybridized carbons (Fsp3) is 0.778. The van der Waals surface area contributed by atoms with Crippen LogP contribution < -0.4 is 5.32 Å². The van der Waals surface area contributed by atoms with Crippen molar-refractivity contribution in [1.29, 1.82) is 0 Å². The summed E-state index contributed by atoms with van der Waals surface area (Å²) in [6.45, 7) is 6.89. The molecule has 0 aromatic rings. The highest BCUT2D eigenvalue weighted by atomic mass is 16.5. The largest absolute Gasteiger partial charge is 0.376 e. The van der Waals surface area contributed by atoms with Gasteiger partial charge in [-0.25, -0.2) is 0 Å². The van der Waals surface area contributed by atoms with E-state index < -0.39 is 0 Å². The van der Waals surface area contributed by atoms with Gasteiger partial charge in [0, 0.05) is 6.61 Å². The first-order valence-corrected chi connectivity index (χ1v) is 4.20. The minimum Gasteiger partial charge on any atom is -0.376 e. The summed E-state index contributed by atoms with van der Waals surface area (Å²) in [5.74, 6) is 0. The second-order valence-electron chi connectivity index (χ2n) is 3.16. The Bertz CT molecular complexity index is 138. The zero-order valence-electron chi connectivity index (χ0n) is 7.39. The molecule has 2 unspecified atom stereocenters. The van der Waals surface area contributed by atoms with Crippen LogP contribution in [0.3, 0.4) is 0 Å². The molecule has 0 aliphatic carbocycles. The molecule has 11 heavy (non-hydrogen) atoms. The van der Waals surface area contributed by atoms with Gasteiger partial charge in [-0.3, -0.25) is 0 Å². The molecule has 0 spiro atoms. The van der Waals surface area contributed by atoms with Crippen LogP contribution in [0.25, 0.3) is 0 Å². The third-order valence-corrected chi connectivity index (χ3v) is 2.18. The minimum absolute atomic E-state index is 0.345. The van der Waals surface area contributed by atoms with Gasteiger partial charge in [-0.2, -0.15) is 0 Å². The summed E-state index contributed by atoms with van der Waals surface area (Å²) in [5, 5.41) is 3.22. The first-order valence-electron chi connectivity index (χ1n) is 4.20.